The molecule has 0 saturated carbocycles. The third-order valence-electron chi connectivity index (χ3n) is 3.95. The summed E-state index contributed by atoms with van der Waals surface area (Å²) in [5.41, 5.74) is 7.20. The zero-order valence-corrected chi connectivity index (χ0v) is 10.6. The van der Waals surface area contributed by atoms with Crippen LogP contribution in [0.25, 0.3) is 11.1 Å². The van der Waals surface area contributed by atoms with E-state index in [1.54, 1.807) is 13.1 Å². The smallest absolute Gasteiger partial charge is 0.408 e. The van der Waals surface area contributed by atoms with Crippen molar-refractivity contribution >= 4 is 11.1 Å². The average Bonchev–Trinajstić information content (AvgIpc) is 2.63. The number of fused-ring (bicyclic) bond motifs is 1. The number of aryl methyl sites for hydroxylation is 1. The first-order valence-electron chi connectivity index (χ1n) is 6.14. The summed E-state index contributed by atoms with van der Waals surface area (Å²) in [4.78, 5) is 11.5. The molecular formula is C13H16N2O4. The fraction of sp³-hybridized carbons (Fsp3) is 0.462. The van der Waals surface area contributed by atoms with Crippen LogP contribution in [-0.2, 0) is 17.2 Å². The molecule has 1 aromatic heterocycles. The third kappa shape index (κ3) is 1.64. The summed E-state index contributed by atoms with van der Waals surface area (Å²) < 4.78 is 11.9. The molecule has 1 aliphatic heterocycles. The highest BCUT2D eigenvalue weighted by molar-refractivity contribution is 5.74. The highest BCUT2D eigenvalue weighted by atomic mass is 16.5. The summed E-state index contributed by atoms with van der Waals surface area (Å²) in [6.45, 7) is 1.02. The Kier molecular flexibility index (Phi) is 2.74. The van der Waals surface area contributed by atoms with Crippen molar-refractivity contribution in [1.82, 2.24) is 4.57 Å². The zero-order valence-electron chi connectivity index (χ0n) is 10.6. The number of nitrogens with zero attached hydrogens (tertiary/aromatic N) is 1. The lowest BCUT2D eigenvalue weighted by Gasteiger charge is -2.45. The maximum absolute atomic E-state index is 11.5. The molecule has 1 aromatic carbocycles. The monoisotopic (exact) mass is 264 g/mol. The maximum atomic E-state index is 11.5. The van der Waals surface area contributed by atoms with Gasteiger partial charge in [-0.1, -0.05) is 6.07 Å². The number of aromatic nitrogens is 1. The number of aliphatic hydroxyl groups excluding tert-OH is 1. The van der Waals surface area contributed by atoms with Crippen LogP contribution in [0.15, 0.2) is 27.4 Å². The molecule has 0 bridgehead atoms. The van der Waals surface area contributed by atoms with E-state index < -0.39 is 17.3 Å². The summed E-state index contributed by atoms with van der Waals surface area (Å²) in [7, 11) is 1.66. The standard InChI is InChI=1S/C13H16N2O4/c1-15-9-3-2-8(4-10(9)19-12(15)17)13(6-18-7-13)11(16)5-14/h2-4,11,16H,5-7,14H2,1H3. The van der Waals surface area contributed by atoms with Crippen LogP contribution in [0.5, 0.6) is 0 Å². The Hall–Kier alpha value is -1.63. The van der Waals surface area contributed by atoms with Crippen LogP contribution in [-0.4, -0.2) is 35.5 Å². The molecule has 1 atom stereocenters. The molecule has 6 heteroatoms. The maximum Gasteiger partial charge on any atom is 0.419 e. The van der Waals surface area contributed by atoms with E-state index in [0.29, 0.717) is 18.8 Å². The van der Waals surface area contributed by atoms with Crippen LogP contribution in [0.2, 0.25) is 0 Å². The Bertz CT molecular complexity index is 669. The summed E-state index contributed by atoms with van der Waals surface area (Å²) in [6.07, 6.45) is -0.672. The van der Waals surface area contributed by atoms with Crippen LogP contribution in [0.1, 0.15) is 5.56 Å². The van der Waals surface area contributed by atoms with Gasteiger partial charge in [0.2, 0.25) is 0 Å². The van der Waals surface area contributed by atoms with E-state index >= 15 is 0 Å². The number of hydrogen-bond acceptors (Lipinski definition) is 5. The SMILES string of the molecule is Cn1c(=O)oc2cc(C3(C(O)CN)COC3)ccc21. The topological polar surface area (TPSA) is 90.6 Å². The second kappa shape index (κ2) is 4.19. The Balaban J connectivity index is 2.12. The van der Waals surface area contributed by atoms with Gasteiger partial charge in [-0.15, -0.1) is 0 Å². The van der Waals surface area contributed by atoms with Gasteiger partial charge >= 0.3 is 5.76 Å². The second-order valence-corrected chi connectivity index (χ2v) is 5.01. The molecule has 0 amide bonds. The Morgan fingerprint density at radius 1 is 1.53 bits per heavy atom. The van der Waals surface area contributed by atoms with Crippen LogP contribution in [0, 0.1) is 0 Å². The number of nitrogens with two attached hydrogens (primary N) is 1. The largest absolute Gasteiger partial charge is 0.419 e. The molecule has 19 heavy (non-hydrogen) atoms. The van der Waals surface area contributed by atoms with Gasteiger partial charge in [0.25, 0.3) is 0 Å². The highest BCUT2D eigenvalue weighted by Crippen LogP contribution is 2.36. The van der Waals surface area contributed by atoms with Gasteiger partial charge in [0.15, 0.2) is 5.58 Å². The van der Waals surface area contributed by atoms with Gasteiger partial charge < -0.3 is 20.0 Å². The van der Waals surface area contributed by atoms with Crippen molar-refractivity contribution in [1.29, 1.82) is 0 Å². The minimum absolute atomic E-state index is 0.167. The lowest BCUT2D eigenvalue weighted by molar-refractivity contribution is -0.116. The fourth-order valence-electron chi connectivity index (χ4n) is 2.54. The highest BCUT2D eigenvalue weighted by Gasteiger charge is 2.46. The fourth-order valence-corrected chi connectivity index (χ4v) is 2.54. The minimum Gasteiger partial charge on any atom is -0.408 e. The van der Waals surface area contributed by atoms with Gasteiger partial charge in [-0.3, -0.25) is 4.57 Å². The lowest BCUT2D eigenvalue weighted by atomic mass is 9.74. The van der Waals surface area contributed by atoms with E-state index in [-0.39, 0.29) is 6.54 Å². The van der Waals surface area contributed by atoms with Crippen molar-refractivity contribution < 1.29 is 14.3 Å². The lowest BCUT2D eigenvalue weighted by Crippen LogP contribution is -2.57. The molecule has 3 rings (SSSR count). The molecule has 1 fully saturated rings. The van der Waals surface area contributed by atoms with Crippen molar-refractivity contribution in [3.8, 4) is 0 Å². The average molecular weight is 264 g/mol. The predicted octanol–water partition coefficient (Wildman–Crippen LogP) is -0.281. The normalized spacial score (nSPS) is 19.3. The van der Waals surface area contributed by atoms with E-state index in [0.717, 1.165) is 11.1 Å². The molecule has 102 valence electrons. The van der Waals surface area contributed by atoms with Gasteiger partial charge in [-0.05, 0) is 17.7 Å². The molecular weight excluding hydrogens is 248 g/mol. The van der Waals surface area contributed by atoms with Gasteiger partial charge in [-0.25, -0.2) is 4.79 Å². The zero-order chi connectivity index (χ0) is 13.6. The van der Waals surface area contributed by atoms with E-state index in [1.807, 2.05) is 12.1 Å². The Morgan fingerprint density at radius 3 is 2.84 bits per heavy atom. The first-order valence-corrected chi connectivity index (χ1v) is 6.14. The molecule has 0 radical (unpaired) electrons. The molecule has 2 heterocycles. The predicted molar refractivity (Wildman–Crippen MR) is 69.0 cm³/mol. The van der Waals surface area contributed by atoms with E-state index in [9.17, 15) is 9.90 Å². The molecule has 1 saturated heterocycles. The molecule has 1 aliphatic rings. The summed E-state index contributed by atoms with van der Waals surface area (Å²) in [5.74, 6) is -0.398. The van der Waals surface area contributed by atoms with Crippen LogP contribution >= 0.6 is 0 Å². The van der Waals surface area contributed by atoms with Crippen molar-refractivity contribution in [3.63, 3.8) is 0 Å². The third-order valence-corrected chi connectivity index (χ3v) is 3.95. The summed E-state index contributed by atoms with van der Waals surface area (Å²) >= 11 is 0. The number of rotatable bonds is 3. The second-order valence-electron chi connectivity index (χ2n) is 5.01. The van der Waals surface area contributed by atoms with Crippen LogP contribution < -0.4 is 11.5 Å². The summed E-state index contributed by atoms with van der Waals surface area (Å²) in [6, 6.07) is 5.50. The molecule has 1 unspecified atom stereocenters. The van der Waals surface area contributed by atoms with Crippen molar-refractivity contribution in [3.05, 3.63) is 34.3 Å². The number of oxazole rings is 1. The van der Waals surface area contributed by atoms with Crippen molar-refractivity contribution in [2.24, 2.45) is 12.8 Å². The van der Waals surface area contributed by atoms with Gasteiger partial charge in [0, 0.05) is 13.6 Å². The van der Waals surface area contributed by atoms with Crippen molar-refractivity contribution in [2.75, 3.05) is 19.8 Å². The molecule has 3 N–H and O–H groups in total. The minimum atomic E-state index is -0.672. The molecule has 0 spiro atoms. The molecule has 6 nitrogen and oxygen atoms in total. The molecule has 0 aliphatic carbocycles. The first kappa shape index (κ1) is 12.4. The quantitative estimate of drug-likeness (QED) is 0.795. The number of ether oxygens (including phenoxy) is 1. The van der Waals surface area contributed by atoms with Gasteiger partial charge in [0.05, 0.1) is 30.2 Å². The number of benzene rings is 1. The number of hydrogen-bond donors (Lipinski definition) is 2. The van der Waals surface area contributed by atoms with E-state index in [2.05, 4.69) is 0 Å². The van der Waals surface area contributed by atoms with Crippen LogP contribution in [0.4, 0.5) is 0 Å². The van der Waals surface area contributed by atoms with Crippen molar-refractivity contribution in [2.45, 2.75) is 11.5 Å². The Labute approximate surface area is 109 Å². The van der Waals surface area contributed by atoms with Crippen LogP contribution in [0.3, 0.4) is 0 Å². The number of aliphatic hydroxyl groups is 1. The van der Waals surface area contributed by atoms with E-state index in [1.165, 1.54) is 4.57 Å². The summed E-state index contributed by atoms with van der Waals surface area (Å²) in [5, 5.41) is 10.1. The molecule has 2 aromatic rings. The van der Waals surface area contributed by atoms with Gasteiger partial charge in [0.1, 0.15) is 0 Å². The first-order chi connectivity index (χ1) is 9.08. The van der Waals surface area contributed by atoms with E-state index in [4.69, 9.17) is 14.9 Å². The van der Waals surface area contributed by atoms with Gasteiger partial charge in [-0.2, -0.15) is 0 Å². The Morgan fingerprint density at radius 2 is 2.26 bits per heavy atom.